The number of nitrogens with two attached hydrogens (primary N) is 1. The summed E-state index contributed by atoms with van der Waals surface area (Å²) in [6, 6.07) is 13.5. The van der Waals surface area contributed by atoms with E-state index < -0.39 is 24.0 Å². The van der Waals surface area contributed by atoms with Crippen molar-refractivity contribution in [2.24, 2.45) is 5.92 Å². The van der Waals surface area contributed by atoms with Gasteiger partial charge in [0.05, 0.1) is 24.4 Å². The monoisotopic (exact) mass is 424 g/mol. The third-order valence-electron chi connectivity index (χ3n) is 4.64. The van der Waals surface area contributed by atoms with Gasteiger partial charge in [0.15, 0.2) is 17.8 Å². The highest BCUT2D eigenvalue weighted by Gasteiger charge is 2.46. The van der Waals surface area contributed by atoms with E-state index in [1.54, 1.807) is 62.4 Å². The van der Waals surface area contributed by atoms with Crippen LogP contribution in [-0.4, -0.2) is 37.0 Å². The molecule has 2 aromatic rings. The molecular formula is C23H24N2O6. The van der Waals surface area contributed by atoms with Crippen LogP contribution in [-0.2, 0) is 19.1 Å². The molecule has 1 aliphatic heterocycles. The van der Waals surface area contributed by atoms with Crippen molar-refractivity contribution in [3.05, 3.63) is 65.9 Å². The molecule has 0 radical (unpaired) electrons. The number of carbonyl (C=O) groups is 3. The van der Waals surface area contributed by atoms with Gasteiger partial charge in [-0.25, -0.2) is 0 Å². The maximum atomic E-state index is 13.3. The number of anilines is 2. The van der Waals surface area contributed by atoms with Crippen molar-refractivity contribution >= 4 is 29.1 Å². The van der Waals surface area contributed by atoms with Crippen LogP contribution in [0, 0.1) is 5.92 Å². The Hall–Kier alpha value is -3.81. The first-order valence-corrected chi connectivity index (χ1v) is 9.92. The van der Waals surface area contributed by atoms with Gasteiger partial charge in [-0.05, 0) is 50.2 Å². The maximum absolute atomic E-state index is 13.3. The quantitative estimate of drug-likeness (QED) is 0.302. The Morgan fingerprint density at radius 1 is 1.06 bits per heavy atom. The molecule has 1 unspecified atom stereocenters. The Balaban J connectivity index is 2.04. The molecule has 0 saturated heterocycles. The van der Waals surface area contributed by atoms with Crippen molar-refractivity contribution in [2.75, 3.05) is 24.3 Å². The molecule has 0 saturated carbocycles. The summed E-state index contributed by atoms with van der Waals surface area (Å²) >= 11 is 0. The summed E-state index contributed by atoms with van der Waals surface area (Å²) in [5, 5.41) is 3.01. The van der Waals surface area contributed by atoms with Crippen LogP contribution in [0.15, 0.2) is 60.3 Å². The molecule has 8 heteroatoms. The van der Waals surface area contributed by atoms with E-state index in [1.807, 2.05) is 0 Å². The Bertz CT molecular complexity index is 981. The lowest BCUT2D eigenvalue weighted by Gasteiger charge is -2.31. The maximum Gasteiger partial charge on any atom is 0.324 e. The van der Waals surface area contributed by atoms with Crippen LogP contribution in [0.5, 0.6) is 5.75 Å². The second kappa shape index (κ2) is 9.80. The third kappa shape index (κ3) is 4.85. The zero-order chi connectivity index (χ0) is 22.4. The molecule has 0 amide bonds. The minimum Gasteiger partial charge on any atom is -0.483 e. The van der Waals surface area contributed by atoms with Gasteiger partial charge >= 0.3 is 11.9 Å². The Morgan fingerprint density at radius 3 is 2.29 bits per heavy atom. The van der Waals surface area contributed by atoms with Gasteiger partial charge in [0.2, 0.25) is 0 Å². The number of esters is 2. The van der Waals surface area contributed by atoms with Gasteiger partial charge < -0.3 is 25.3 Å². The molecule has 2 aromatic carbocycles. The van der Waals surface area contributed by atoms with E-state index in [-0.39, 0.29) is 30.3 Å². The van der Waals surface area contributed by atoms with Crippen molar-refractivity contribution < 1.29 is 28.6 Å². The summed E-state index contributed by atoms with van der Waals surface area (Å²) < 4.78 is 16.1. The first-order valence-electron chi connectivity index (χ1n) is 9.92. The minimum absolute atomic E-state index is 0.0642. The SMILES string of the molecule is CCOC(=O)C(C(=O)OCC)C1Oc2ccccc2C(=O)/C1=C\Nc1ccc(N)cc1. The number of ether oxygens (including phenoxy) is 3. The molecular weight excluding hydrogens is 400 g/mol. The van der Waals surface area contributed by atoms with E-state index in [2.05, 4.69) is 5.32 Å². The van der Waals surface area contributed by atoms with E-state index in [9.17, 15) is 14.4 Å². The van der Waals surface area contributed by atoms with E-state index in [0.29, 0.717) is 16.9 Å². The summed E-state index contributed by atoms with van der Waals surface area (Å²) in [7, 11) is 0. The van der Waals surface area contributed by atoms with Crippen molar-refractivity contribution in [1.82, 2.24) is 0 Å². The zero-order valence-electron chi connectivity index (χ0n) is 17.3. The number of ketones is 1. The highest BCUT2D eigenvalue weighted by Crippen LogP contribution is 2.34. The van der Waals surface area contributed by atoms with E-state index >= 15 is 0 Å². The highest BCUT2D eigenvalue weighted by atomic mass is 16.6. The molecule has 31 heavy (non-hydrogen) atoms. The van der Waals surface area contributed by atoms with Crippen molar-refractivity contribution in [1.29, 1.82) is 0 Å². The normalized spacial score (nSPS) is 16.4. The Labute approximate surface area is 180 Å². The number of nitrogens with one attached hydrogen (secondary N) is 1. The third-order valence-corrected chi connectivity index (χ3v) is 4.64. The van der Waals surface area contributed by atoms with Crippen molar-refractivity contribution in [3.8, 4) is 5.75 Å². The number of Topliss-reactive ketones (excluding diaryl/α,β-unsaturated/α-hetero) is 1. The van der Waals surface area contributed by atoms with E-state index in [1.165, 1.54) is 6.20 Å². The number of hydrogen-bond donors (Lipinski definition) is 2. The average molecular weight is 424 g/mol. The van der Waals surface area contributed by atoms with Crippen LogP contribution in [0.25, 0.3) is 0 Å². The smallest absolute Gasteiger partial charge is 0.324 e. The van der Waals surface area contributed by atoms with Crippen molar-refractivity contribution in [2.45, 2.75) is 20.0 Å². The number of para-hydroxylation sites is 1. The van der Waals surface area contributed by atoms with Gasteiger partial charge in [-0.3, -0.25) is 14.4 Å². The fourth-order valence-electron chi connectivity index (χ4n) is 3.19. The topological polar surface area (TPSA) is 117 Å². The summed E-state index contributed by atoms with van der Waals surface area (Å²) in [6.07, 6.45) is 0.210. The summed E-state index contributed by atoms with van der Waals surface area (Å²) in [5.41, 5.74) is 7.39. The molecule has 8 nitrogen and oxygen atoms in total. The zero-order valence-corrected chi connectivity index (χ0v) is 17.3. The first kappa shape index (κ1) is 21.9. The average Bonchev–Trinajstić information content (AvgIpc) is 2.75. The number of benzene rings is 2. The van der Waals surface area contributed by atoms with Gasteiger partial charge in [-0.2, -0.15) is 0 Å². The Morgan fingerprint density at radius 2 is 1.68 bits per heavy atom. The number of carbonyl (C=O) groups excluding carboxylic acids is 3. The van der Waals surface area contributed by atoms with Crippen LogP contribution in [0.1, 0.15) is 24.2 Å². The molecule has 3 N–H and O–H groups in total. The Kier molecular flexibility index (Phi) is 6.92. The fourth-order valence-corrected chi connectivity index (χ4v) is 3.19. The lowest BCUT2D eigenvalue weighted by Crippen LogP contribution is -2.45. The lowest BCUT2D eigenvalue weighted by molar-refractivity contribution is -0.165. The molecule has 0 fully saturated rings. The molecule has 1 aliphatic rings. The molecule has 1 heterocycles. The minimum atomic E-state index is -1.46. The van der Waals surface area contributed by atoms with Crippen LogP contribution < -0.4 is 15.8 Å². The lowest BCUT2D eigenvalue weighted by atomic mass is 9.88. The second-order valence-corrected chi connectivity index (χ2v) is 6.71. The largest absolute Gasteiger partial charge is 0.483 e. The number of fused-ring (bicyclic) bond motifs is 1. The van der Waals surface area contributed by atoms with Crippen LogP contribution in [0.2, 0.25) is 0 Å². The molecule has 3 rings (SSSR count). The molecule has 1 atom stereocenters. The summed E-state index contributed by atoms with van der Waals surface area (Å²) in [6.45, 7) is 3.38. The predicted octanol–water partition coefficient (Wildman–Crippen LogP) is 2.95. The van der Waals surface area contributed by atoms with Crippen molar-refractivity contribution in [3.63, 3.8) is 0 Å². The standard InChI is InChI=1S/C23H24N2O6/c1-3-29-22(27)19(23(28)30-4-2)21-17(13-25-15-11-9-14(24)10-12-15)20(26)16-7-5-6-8-18(16)31-21/h5-13,19,21,25H,3-4,24H2,1-2H3/b17-13+. The first-order chi connectivity index (χ1) is 15.0. The van der Waals surface area contributed by atoms with Gasteiger partial charge in [-0.1, -0.05) is 12.1 Å². The predicted molar refractivity (Wildman–Crippen MR) is 115 cm³/mol. The molecule has 0 spiro atoms. The van der Waals surface area contributed by atoms with E-state index in [4.69, 9.17) is 19.9 Å². The molecule has 162 valence electrons. The number of hydrogen-bond acceptors (Lipinski definition) is 8. The van der Waals surface area contributed by atoms with Crippen LogP contribution in [0.4, 0.5) is 11.4 Å². The molecule has 0 aliphatic carbocycles. The number of rotatable bonds is 7. The van der Waals surface area contributed by atoms with Crippen LogP contribution in [0.3, 0.4) is 0 Å². The van der Waals surface area contributed by atoms with Gasteiger partial charge in [0, 0.05) is 17.6 Å². The second-order valence-electron chi connectivity index (χ2n) is 6.71. The summed E-state index contributed by atoms with van der Waals surface area (Å²) in [5.74, 6) is -3.20. The molecule has 0 aromatic heterocycles. The fraction of sp³-hybridized carbons (Fsp3) is 0.261. The van der Waals surface area contributed by atoms with Gasteiger partial charge in [0.1, 0.15) is 5.75 Å². The summed E-state index contributed by atoms with van der Waals surface area (Å²) in [4.78, 5) is 38.6. The highest BCUT2D eigenvalue weighted by molar-refractivity contribution is 6.13. The van der Waals surface area contributed by atoms with Gasteiger partial charge in [0.25, 0.3) is 0 Å². The van der Waals surface area contributed by atoms with Gasteiger partial charge in [-0.15, -0.1) is 0 Å². The van der Waals surface area contributed by atoms with Crippen LogP contribution >= 0.6 is 0 Å². The van der Waals surface area contributed by atoms with E-state index in [0.717, 1.165) is 0 Å². The molecule has 0 bridgehead atoms. The number of nitrogen functional groups attached to an aromatic ring is 1.